The van der Waals surface area contributed by atoms with Crippen LogP contribution < -0.4 is 0 Å². The summed E-state index contributed by atoms with van der Waals surface area (Å²) in [5.74, 6) is 2.05. The van der Waals surface area contributed by atoms with E-state index < -0.39 is 26.6 Å². The molecule has 0 aliphatic carbocycles. The molecule has 0 heterocycles. The molecule has 1 atom stereocenters. The molecule has 0 saturated heterocycles. The molecule has 0 unspecified atom stereocenters. The molecule has 1 rings (SSSR count). The molecule has 0 N–H and O–H groups in total. The van der Waals surface area contributed by atoms with Gasteiger partial charge < -0.3 is 0 Å². The summed E-state index contributed by atoms with van der Waals surface area (Å²) in [5.41, 5.74) is 3.65. The van der Waals surface area contributed by atoms with Crippen molar-refractivity contribution in [1.29, 1.82) is 0 Å². The van der Waals surface area contributed by atoms with Crippen molar-refractivity contribution in [1.82, 2.24) is 0 Å². The number of benzene rings is 1. The van der Waals surface area contributed by atoms with Crippen LogP contribution >= 0.6 is 15.9 Å². The fourth-order valence-corrected chi connectivity index (χ4v) is 2.35. The molecule has 0 amide bonds. The summed E-state index contributed by atoms with van der Waals surface area (Å²) in [6, 6.07) is 6.88. The Hall–Kier alpha value is -0.733. The first kappa shape index (κ1) is 16.3. The Bertz CT molecular complexity index is 475. The van der Waals surface area contributed by atoms with E-state index in [0.29, 0.717) is 5.56 Å². The lowest BCUT2D eigenvalue weighted by Gasteiger charge is -2.15. The highest BCUT2D eigenvalue weighted by Crippen LogP contribution is 2.31. The van der Waals surface area contributed by atoms with Gasteiger partial charge in [-0.3, -0.25) is 0 Å². The van der Waals surface area contributed by atoms with Crippen molar-refractivity contribution in [3.05, 3.63) is 34.3 Å². The second-order valence-electron chi connectivity index (χ2n) is 5.44. The van der Waals surface area contributed by atoms with Gasteiger partial charge in [0.25, 0.3) is 0 Å². The number of hydrogen-bond donors (Lipinski definition) is 0. The van der Waals surface area contributed by atoms with Gasteiger partial charge in [-0.15, -0.1) is 11.5 Å². The molecule has 0 spiro atoms. The molecule has 0 aromatic heterocycles. The Morgan fingerprint density at radius 2 is 1.68 bits per heavy atom. The highest BCUT2D eigenvalue weighted by molar-refractivity contribution is 9.10. The van der Waals surface area contributed by atoms with Crippen LogP contribution in [-0.2, 0) is 0 Å². The van der Waals surface area contributed by atoms with Crippen LogP contribution in [0.25, 0.3) is 0 Å². The lowest BCUT2D eigenvalue weighted by Crippen LogP contribution is -2.18. The van der Waals surface area contributed by atoms with Gasteiger partial charge in [0.2, 0.25) is 0 Å². The fourth-order valence-electron chi connectivity index (χ4n) is 1.48. The van der Waals surface area contributed by atoms with Gasteiger partial charge in [0.15, 0.2) is 0 Å². The van der Waals surface area contributed by atoms with E-state index in [9.17, 15) is 13.2 Å². The van der Waals surface area contributed by atoms with Crippen LogP contribution in [0.5, 0.6) is 0 Å². The van der Waals surface area contributed by atoms with Crippen LogP contribution in [-0.4, -0.2) is 14.3 Å². The normalized spacial score (nSPS) is 13.6. The molecule has 104 valence electrons. The third-order valence-electron chi connectivity index (χ3n) is 2.33. The van der Waals surface area contributed by atoms with Crippen LogP contribution in [0, 0.1) is 11.5 Å². The first-order valence-corrected chi connectivity index (χ1v) is 10.2. The number of rotatable bonds is 2. The maximum atomic E-state index is 12.6. The van der Waals surface area contributed by atoms with E-state index in [0.717, 1.165) is 4.47 Å². The summed E-state index contributed by atoms with van der Waals surface area (Å²) in [4.78, 5) is 0. The summed E-state index contributed by atoms with van der Waals surface area (Å²) in [6.07, 6.45) is -5.10. The zero-order chi connectivity index (χ0) is 14.7. The predicted octanol–water partition coefficient (Wildman–Crippen LogP) is 5.37. The van der Waals surface area contributed by atoms with Crippen LogP contribution in [0.2, 0.25) is 19.6 Å². The topological polar surface area (TPSA) is 0 Å². The minimum atomic E-state index is -4.20. The molecule has 1 aromatic carbocycles. The lowest BCUT2D eigenvalue weighted by molar-refractivity contribution is -0.136. The van der Waals surface area contributed by atoms with Gasteiger partial charge >= 0.3 is 6.18 Å². The van der Waals surface area contributed by atoms with Crippen molar-refractivity contribution in [2.45, 2.75) is 38.2 Å². The average Bonchev–Trinajstić information content (AvgIpc) is 2.23. The van der Waals surface area contributed by atoms with E-state index in [2.05, 4.69) is 27.4 Å². The van der Waals surface area contributed by atoms with E-state index in [1.165, 1.54) is 0 Å². The first-order valence-electron chi connectivity index (χ1n) is 5.92. The smallest absolute Gasteiger partial charge is 0.171 e. The van der Waals surface area contributed by atoms with Crippen molar-refractivity contribution in [2.75, 3.05) is 0 Å². The minimum absolute atomic E-state index is 0.617. The second kappa shape index (κ2) is 6.15. The van der Waals surface area contributed by atoms with Crippen LogP contribution in [0.3, 0.4) is 0 Å². The Morgan fingerprint density at radius 3 is 2.11 bits per heavy atom. The van der Waals surface area contributed by atoms with Crippen molar-refractivity contribution in [2.24, 2.45) is 0 Å². The van der Waals surface area contributed by atoms with Crippen LogP contribution in [0.15, 0.2) is 28.7 Å². The number of halogens is 4. The average molecular weight is 349 g/mol. The van der Waals surface area contributed by atoms with Gasteiger partial charge in [-0.25, -0.2) is 0 Å². The molecular weight excluding hydrogens is 333 g/mol. The molecule has 19 heavy (non-hydrogen) atoms. The van der Waals surface area contributed by atoms with E-state index in [1.807, 2.05) is 19.6 Å². The maximum absolute atomic E-state index is 12.6. The molecule has 0 aliphatic heterocycles. The number of hydrogen-bond acceptors (Lipinski definition) is 0. The van der Waals surface area contributed by atoms with Crippen molar-refractivity contribution in [3.8, 4) is 11.5 Å². The van der Waals surface area contributed by atoms with E-state index >= 15 is 0 Å². The lowest BCUT2D eigenvalue weighted by atomic mass is 9.96. The third kappa shape index (κ3) is 6.83. The molecular formula is C14H16BrF3Si. The Balaban J connectivity index is 3.04. The molecule has 0 aliphatic rings. The first-order chi connectivity index (χ1) is 8.57. The summed E-state index contributed by atoms with van der Waals surface area (Å²) >= 11 is 3.28. The van der Waals surface area contributed by atoms with Gasteiger partial charge in [-0.05, 0) is 17.7 Å². The highest BCUT2D eigenvalue weighted by Gasteiger charge is 2.32. The Kier molecular flexibility index (Phi) is 5.28. The minimum Gasteiger partial charge on any atom is -0.171 e. The molecule has 0 saturated carbocycles. The van der Waals surface area contributed by atoms with Gasteiger partial charge in [-0.2, -0.15) is 13.2 Å². The van der Waals surface area contributed by atoms with E-state index in [1.54, 1.807) is 24.3 Å². The summed E-state index contributed by atoms with van der Waals surface area (Å²) in [6.45, 7) is 6.06. The Morgan fingerprint density at radius 1 is 1.16 bits per heavy atom. The highest BCUT2D eigenvalue weighted by atomic mass is 79.9. The molecule has 0 bridgehead atoms. The summed E-state index contributed by atoms with van der Waals surface area (Å²) in [5, 5.41) is 0. The summed E-state index contributed by atoms with van der Waals surface area (Å²) in [7, 11) is -1.68. The third-order valence-corrected chi connectivity index (χ3v) is 3.75. The molecule has 1 aromatic rings. The monoisotopic (exact) mass is 348 g/mol. The quantitative estimate of drug-likeness (QED) is 0.498. The predicted molar refractivity (Wildman–Crippen MR) is 78.7 cm³/mol. The zero-order valence-electron chi connectivity index (χ0n) is 11.1. The second-order valence-corrected chi connectivity index (χ2v) is 11.1. The molecule has 5 heteroatoms. The molecule has 0 nitrogen and oxygen atoms in total. The molecule has 0 fully saturated rings. The Labute approximate surface area is 121 Å². The SMILES string of the molecule is C[Si](C)(C)C#C[C@@H](CC(F)(F)F)c1ccc(Br)cc1. The van der Waals surface area contributed by atoms with E-state index in [-0.39, 0.29) is 0 Å². The maximum Gasteiger partial charge on any atom is 0.390 e. The van der Waals surface area contributed by atoms with Gasteiger partial charge in [0.1, 0.15) is 8.07 Å². The molecule has 0 radical (unpaired) electrons. The van der Waals surface area contributed by atoms with Crippen LogP contribution in [0.1, 0.15) is 17.9 Å². The fraction of sp³-hybridized carbons (Fsp3) is 0.429. The standard InChI is InChI=1S/C14H16BrF3Si/c1-19(2,3)9-8-12(10-14(16,17)18)11-4-6-13(15)7-5-11/h4-7,12H,10H2,1-3H3/t12-/m0/s1. The number of alkyl halides is 3. The van der Waals surface area contributed by atoms with Gasteiger partial charge in [-0.1, -0.05) is 47.7 Å². The van der Waals surface area contributed by atoms with Gasteiger partial charge in [0.05, 0.1) is 12.3 Å². The van der Waals surface area contributed by atoms with Crippen molar-refractivity contribution in [3.63, 3.8) is 0 Å². The van der Waals surface area contributed by atoms with E-state index in [4.69, 9.17) is 0 Å². The van der Waals surface area contributed by atoms with Gasteiger partial charge in [0, 0.05) is 4.47 Å². The largest absolute Gasteiger partial charge is 0.390 e. The zero-order valence-corrected chi connectivity index (χ0v) is 13.7. The van der Waals surface area contributed by atoms with Crippen molar-refractivity contribution >= 4 is 24.0 Å². The van der Waals surface area contributed by atoms with Crippen molar-refractivity contribution < 1.29 is 13.2 Å². The summed E-state index contributed by atoms with van der Waals surface area (Å²) < 4.78 is 38.7. The van der Waals surface area contributed by atoms with Crippen LogP contribution in [0.4, 0.5) is 13.2 Å².